The molecule has 2 aromatic heterocycles. The van der Waals surface area contributed by atoms with Gasteiger partial charge in [-0.15, -0.1) is 16.4 Å². The molecular weight excluding hydrogens is 268 g/mol. The van der Waals surface area contributed by atoms with Crippen molar-refractivity contribution in [2.24, 2.45) is 0 Å². The molecule has 1 N–H and O–H groups in total. The van der Waals surface area contributed by atoms with Crippen LogP contribution in [0.1, 0.15) is 16.6 Å². The molecule has 0 fully saturated rings. The zero-order valence-corrected chi connectivity index (χ0v) is 11.0. The second-order valence-electron chi connectivity index (χ2n) is 3.54. The van der Waals surface area contributed by atoms with E-state index < -0.39 is 5.97 Å². The molecule has 0 saturated heterocycles. The maximum atomic E-state index is 11.7. The highest BCUT2D eigenvalue weighted by molar-refractivity contribution is 7.12. The molecule has 2 heterocycles. The highest BCUT2D eigenvalue weighted by Crippen LogP contribution is 2.11. The lowest BCUT2D eigenvalue weighted by molar-refractivity contribution is -0.144. The van der Waals surface area contributed by atoms with Crippen LogP contribution in [0, 0.1) is 0 Å². The largest absolute Gasteiger partial charge is 0.465 e. The molecule has 2 rings (SSSR count). The van der Waals surface area contributed by atoms with Crippen molar-refractivity contribution in [2.75, 3.05) is 11.9 Å². The molecule has 0 aromatic carbocycles. The minimum Gasteiger partial charge on any atom is -0.465 e. The molecule has 0 spiro atoms. The number of thiophene rings is 1. The van der Waals surface area contributed by atoms with E-state index in [0.717, 1.165) is 0 Å². The Morgan fingerprint density at radius 1 is 1.53 bits per heavy atom. The number of hydrogen-bond donors (Lipinski definition) is 1. The molecule has 0 unspecified atom stereocenters. The first-order chi connectivity index (χ1) is 9.19. The topological polar surface area (TPSA) is 86.1 Å². The lowest BCUT2D eigenvalue weighted by Crippen LogP contribution is -2.14. The number of carbonyl (C=O) groups is 2. The number of hydrogen-bond acceptors (Lipinski definition) is 6. The minimum absolute atomic E-state index is 0.0320. The zero-order valence-electron chi connectivity index (χ0n) is 10.2. The number of aromatic nitrogens is 3. The Bertz CT molecular complexity index is 564. The molecular formula is C11H12N4O3S. The van der Waals surface area contributed by atoms with Gasteiger partial charge in [0.05, 0.1) is 17.7 Å². The summed E-state index contributed by atoms with van der Waals surface area (Å²) < 4.78 is 6.09. The van der Waals surface area contributed by atoms with E-state index in [0.29, 0.717) is 17.3 Å². The van der Waals surface area contributed by atoms with Gasteiger partial charge in [-0.3, -0.25) is 9.59 Å². The fourth-order valence-electron chi connectivity index (χ4n) is 1.36. The van der Waals surface area contributed by atoms with Crippen LogP contribution in [-0.4, -0.2) is 33.5 Å². The summed E-state index contributed by atoms with van der Waals surface area (Å²) in [6.07, 6.45) is 1.47. The molecule has 0 aliphatic heterocycles. The first-order valence-electron chi connectivity index (χ1n) is 5.59. The molecule has 7 nitrogen and oxygen atoms in total. The van der Waals surface area contributed by atoms with E-state index in [9.17, 15) is 9.59 Å². The van der Waals surface area contributed by atoms with Gasteiger partial charge in [-0.1, -0.05) is 11.3 Å². The summed E-state index contributed by atoms with van der Waals surface area (Å²) in [4.78, 5) is 23.6. The number of carbonyl (C=O) groups excluding carboxylic acids is 2. The van der Waals surface area contributed by atoms with E-state index in [1.54, 1.807) is 19.1 Å². The van der Waals surface area contributed by atoms with Crippen LogP contribution in [0.25, 0.3) is 0 Å². The monoisotopic (exact) mass is 280 g/mol. The predicted molar refractivity (Wildman–Crippen MR) is 68.9 cm³/mol. The molecule has 100 valence electrons. The van der Waals surface area contributed by atoms with Crippen LogP contribution < -0.4 is 5.32 Å². The van der Waals surface area contributed by atoms with Crippen molar-refractivity contribution < 1.29 is 14.3 Å². The molecule has 0 radical (unpaired) electrons. The van der Waals surface area contributed by atoms with Gasteiger partial charge in [0, 0.05) is 0 Å². The fraction of sp³-hybridized carbons (Fsp3) is 0.273. The van der Waals surface area contributed by atoms with Crippen molar-refractivity contribution in [3.05, 3.63) is 28.6 Å². The number of amides is 1. The van der Waals surface area contributed by atoms with E-state index in [2.05, 4.69) is 15.6 Å². The van der Waals surface area contributed by atoms with E-state index in [1.165, 1.54) is 22.2 Å². The van der Waals surface area contributed by atoms with Crippen molar-refractivity contribution in [2.45, 2.75) is 13.5 Å². The lowest BCUT2D eigenvalue weighted by Gasteiger charge is -2.00. The highest BCUT2D eigenvalue weighted by Gasteiger charge is 2.11. The summed E-state index contributed by atoms with van der Waals surface area (Å²) in [7, 11) is 0. The smallest absolute Gasteiger partial charge is 0.327 e. The minimum atomic E-state index is -0.400. The lowest BCUT2D eigenvalue weighted by atomic mass is 10.4. The van der Waals surface area contributed by atoms with Crippen LogP contribution in [0.3, 0.4) is 0 Å². The van der Waals surface area contributed by atoms with Gasteiger partial charge in [0.1, 0.15) is 6.54 Å². The standard InChI is InChI=1S/C11H12N4O3S/c1-2-18-10(16)7-15-6-9(13-14-15)12-11(17)8-4-3-5-19-8/h3-6H,2,7H2,1H3,(H,12,17). The third kappa shape index (κ3) is 3.62. The molecule has 0 bridgehead atoms. The summed E-state index contributed by atoms with van der Waals surface area (Å²) in [6, 6.07) is 3.50. The van der Waals surface area contributed by atoms with Gasteiger partial charge >= 0.3 is 5.97 Å². The van der Waals surface area contributed by atoms with Gasteiger partial charge < -0.3 is 10.1 Å². The summed E-state index contributed by atoms with van der Waals surface area (Å²) in [5.74, 6) is -0.357. The van der Waals surface area contributed by atoms with Crippen LogP contribution in [-0.2, 0) is 16.1 Å². The molecule has 1 amide bonds. The molecule has 2 aromatic rings. The van der Waals surface area contributed by atoms with Crippen LogP contribution in [0.2, 0.25) is 0 Å². The maximum absolute atomic E-state index is 11.7. The number of ether oxygens (including phenoxy) is 1. The van der Waals surface area contributed by atoms with Gasteiger partial charge in [0.2, 0.25) is 0 Å². The van der Waals surface area contributed by atoms with E-state index in [-0.39, 0.29) is 12.5 Å². The average molecular weight is 280 g/mol. The first kappa shape index (κ1) is 13.2. The summed E-state index contributed by atoms with van der Waals surface area (Å²) >= 11 is 1.33. The first-order valence-corrected chi connectivity index (χ1v) is 6.47. The average Bonchev–Trinajstić information content (AvgIpc) is 3.00. The normalized spacial score (nSPS) is 10.2. The van der Waals surface area contributed by atoms with Crippen molar-refractivity contribution in [1.29, 1.82) is 0 Å². The Morgan fingerprint density at radius 3 is 3.05 bits per heavy atom. The van der Waals surface area contributed by atoms with Crippen molar-refractivity contribution in [3.8, 4) is 0 Å². The summed E-state index contributed by atoms with van der Waals surface area (Å²) in [6.45, 7) is 2.01. The molecule has 0 aliphatic rings. The van der Waals surface area contributed by atoms with Crippen molar-refractivity contribution in [1.82, 2.24) is 15.0 Å². The SMILES string of the molecule is CCOC(=O)Cn1cc(NC(=O)c2cccs2)nn1. The Hall–Kier alpha value is -2.22. The van der Waals surface area contributed by atoms with Crippen LogP contribution in [0.15, 0.2) is 23.7 Å². The summed E-state index contributed by atoms with van der Waals surface area (Å²) in [5.41, 5.74) is 0. The fourth-order valence-corrected chi connectivity index (χ4v) is 1.98. The van der Waals surface area contributed by atoms with Gasteiger partial charge in [0.15, 0.2) is 5.82 Å². The molecule has 8 heteroatoms. The van der Waals surface area contributed by atoms with Gasteiger partial charge in [-0.05, 0) is 18.4 Å². The van der Waals surface area contributed by atoms with Crippen LogP contribution in [0.4, 0.5) is 5.82 Å². The van der Waals surface area contributed by atoms with Crippen molar-refractivity contribution in [3.63, 3.8) is 0 Å². The second-order valence-corrected chi connectivity index (χ2v) is 4.49. The summed E-state index contributed by atoms with van der Waals surface area (Å²) in [5, 5.41) is 11.9. The third-order valence-electron chi connectivity index (χ3n) is 2.12. The Kier molecular flexibility index (Phi) is 4.24. The van der Waals surface area contributed by atoms with Crippen LogP contribution >= 0.6 is 11.3 Å². The number of anilines is 1. The van der Waals surface area contributed by atoms with Gasteiger partial charge in [-0.2, -0.15) is 0 Å². The molecule has 19 heavy (non-hydrogen) atoms. The number of rotatable bonds is 5. The second kappa shape index (κ2) is 6.10. The Labute approximate surface area is 113 Å². The third-order valence-corrected chi connectivity index (χ3v) is 2.99. The Balaban J connectivity index is 1.94. The molecule has 0 aliphatic carbocycles. The van der Waals surface area contributed by atoms with E-state index >= 15 is 0 Å². The van der Waals surface area contributed by atoms with Gasteiger partial charge in [0.25, 0.3) is 5.91 Å². The van der Waals surface area contributed by atoms with E-state index in [4.69, 9.17) is 4.74 Å². The molecule has 0 saturated carbocycles. The Morgan fingerprint density at radius 2 is 2.37 bits per heavy atom. The quantitative estimate of drug-likeness (QED) is 0.830. The predicted octanol–water partition coefficient (Wildman–Crippen LogP) is 1.16. The van der Waals surface area contributed by atoms with Crippen molar-refractivity contribution >= 4 is 29.0 Å². The highest BCUT2D eigenvalue weighted by atomic mass is 32.1. The maximum Gasteiger partial charge on any atom is 0.327 e. The number of nitrogens with zero attached hydrogens (tertiary/aromatic N) is 3. The zero-order chi connectivity index (χ0) is 13.7. The van der Waals surface area contributed by atoms with E-state index in [1.807, 2.05) is 5.38 Å². The van der Waals surface area contributed by atoms with Crippen LogP contribution in [0.5, 0.6) is 0 Å². The number of esters is 1. The molecule has 0 atom stereocenters. The number of nitrogens with one attached hydrogen (secondary N) is 1. The van der Waals surface area contributed by atoms with Gasteiger partial charge in [-0.25, -0.2) is 4.68 Å².